The second kappa shape index (κ2) is 4.05. The fraction of sp³-hybridized carbons (Fsp3) is 0.889. The highest BCUT2D eigenvalue weighted by molar-refractivity contribution is 7.80. The predicted molar refractivity (Wildman–Crippen MR) is 54.9 cm³/mol. The van der Waals surface area contributed by atoms with Crippen molar-refractivity contribution in [2.24, 2.45) is 5.41 Å². The first-order chi connectivity index (χ1) is 4.88. The molecule has 1 atom stereocenters. The number of thiocarbonyl (C=S) groups is 1. The van der Waals surface area contributed by atoms with Crippen molar-refractivity contribution in [2.45, 2.75) is 47.1 Å². The van der Waals surface area contributed by atoms with Crippen LogP contribution in [0.1, 0.15) is 41.0 Å². The van der Waals surface area contributed by atoms with Crippen molar-refractivity contribution in [1.29, 1.82) is 0 Å². The van der Waals surface area contributed by atoms with Gasteiger partial charge < -0.3 is 5.32 Å². The molecule has 0 bridgehead atoms. The van der Waals surface area contributed by atoms with E-state index in [0.717, 1.165) is 11.4 Å². The standard InChI is InChI=1S/C9H19NS/c1-6-7(2)10-8(11)9(3,4)5/h7H,6H2,1-5H3,(H,10,11)/t7-/m0/s1. The lowest BCUT2D eigenvalue weighted by Crippen LogP contribution is -2.38. The molecule has 0 aromatic carbocycles. The van der Waals surface area contributed by atoms with Crippen molar-refractivity contribution in [2.75, 3.05) is 0 Å². The molecule has 0 heterocycles. The summed E-state index contributed by atoms with van der Waals surface area (Å²) in [6, 6.07) is 0.502. The Balaban J connectivity index is 3.88. The molecule has 0 fully saturated rings. The van der Waals surface area contributed by atoms with Gasteiger partial charge in [-0.05, 0) is 13.3 Å². The van der Waals surface area contributed by atoms with Crippen molar-refractivity contribution >= 4 is 17.2 Å². The first-order valence-electron chi connectivity index (χ1n) is 4.19. The zero-order valence-corrected chi connectivity index (χ0v) is 9.01. The van der Waals surface area contributed by atoms with E-state index in [1.807, 2.05) is 0 Å². The Kier molecular flexibility index (Phi) is 4.01. The van der Waals surface area contributed by atoms with Crippen LogP contribution in [0.2, 0.25) is 0 Å². The topological polar surface area (TPSA) is 12.0 Å². The maximum absolute atomic E-state index is 5.22. The minimum absolute atomic E-state index is 0.110. The molecule has 0 spiro atoms. The highest BCUT2D eigenvalue weighted by Crippen LogP contribution is 2.14. The number of nitrogens with one attached hydrogen (secondary N) is 1. The molecule has 0 radical (unpaired) electrons. The third kappa shape index (κ3) is 4.35. The number of rotatable bonds is 2. The molecule has 0 aliphatic rings. The normalized spacial score (nSPS) is 14.3. The first-order valence-corrected chi connectivity index (χ1v) is 4.59. The molecular formula is C9H19NS. The van der Waals surface area contributed by atoms with Crippen LogP contribution in [-0.2, 0) is 0 Å². The van der Waals surface area contributed by atoms with E-state index in [1.165, 1.54) is 0 Å². The molecule has 0 aliphatic carbocycles. The summed E-state index contributed by atoms with van der Waals surface area (Å²) >= 11 is 5.22. The lowest BCUT2D eigenvalue weighted by molar-refractivity contribution is 0.544. The van der Waals surface area contributed by atoms with E-state index >= 15 is 0 Å². The van der Waals surface area contributed by atoms with Crippen LogP contribution in [0.15, 0.2) is 0 Å². The van der Waals surface area contributed by atoms with Gasteiger partial charge in [0.1, 0.15) is 0 Å². The first kappa shape index (κ1) is 10.9. The van der Waals surface area contributed by atoms with Crippen LogP contribution in [-0.4, -0.2) is 11.0 Å². The van der Waals surface area contributed by atoms with Crippen molar-refractivity contribution in [3.8, 4) is 0 Å². The van der Waals surface area contributed by atoms with E-state index in [1.54, 1.807) is 0 Å². The molecule has 0 aliphatic heterocycles. The summed E-state index contributed by atoms with van der Waals surface area (Å²) in [5, 5.41) is 3.30. The van der Waals surface area contributed by atoms with Crippen LogP contribution >= 0.6 is 12.2 Å². The van der Waals surface area contributed by atoms with Crippen LogP contribution in [0.5, 0.6) is 0 Å². The Labute approximate surface area is 75.6 Å². The van der Waals surface area contributed by atoms with Crippen molar-refractivity contribution in [3.63, 3.8) is 0 Å². The summed E-state index contributed by atoms with van der Waals surface area (Å²) < 4.78 is 0. The molecule has 1 N–H and O–H groups in total. The average Bonchev–Trinajstić information content (AvgIpc) is 1.85. The van der Waals surface area contributed by atoms with E-state index in [0.29, 0.717) is 6.04 Å². The molecule has 11 heavy (non-hydrogen) atoms. The summed E-state index contributed by atoms with van der Waals surface area (Å²) in [5.41, 5.74) is 0.110. The Morgan fingerprint density at radius 1 is 1.45 bits per heavy atom. The molecule has 0 aromatic heterocycles. The molecule has 66 valence electrons. The quantitative estimate of drug-likeness (QED) is 0.644. The van der Waals surface area contributed by atoms with E-state index < -0.39 is 0 Å². The molecule has 0 saturated carbocycles. The second-order valence-corrected chi connectivity index (χ2v) is 4.44. The third-order valence-corrected chi connectivity index (χ3v) is 2.40. The van der Waals surface area contributed by atoms with Gasteiger partial charge in [-0.1, -0.05) is 39.9 Å². The third-order valence-electron chi connectivity index (χ3n) is 1.67. The van der Waals surface area contributed by atoms with E-state index in [-0.39, 0.29) is 5.41 Å². The monoisotopic (exact) mass is 173 g/mol. The summed E-state index contributed by atoms with van der Waals surface area (Å²) in [5.74, 6) is 0. The highest BCUT2D eigenvalue weighted by Gasteiger charge is 2.17. The van der Waals surface area contributed by atoms with Gasteiger partial charge in [-0.2, -0.15) is 0 Å². The molecule has 0 saturated heterocycles. The zero-order chi connectivity index (χ0) is 9.07. The van der Waals surface area contributed by atoms with Crippen LogP contribution in [0.25, 0.3) is 0 Å². The Hall–Kier alpha value is -0.110. The lowest BCUT2D eigenvalue weighted by atomic mass is 9.96. The van der Waals surface area contributed by atoms with Crippen molar-refractivity contribution in [3.05, 3.63) is 0 Å². The SMILES string of the molecule is CC[C@H](C)NC(=S)C(C)(C)C. The van der Waals surface area contributed by atoms with Gasteiger partial charge >= 0.3 is 0 Å². The minimum atomic E-state index is 0.110. The van der Waals surface area contributed by atoms with Crippen LogP contribution in [0, 0.1) is 5.41 Å². The number of hydrogen-bond acceptors (Lipinski definition) is 1. The van der Waals surface area contributed by atoms with Gasteiger partial charge in [-0.15, -0.1) is 0 Å². The number of hydrogen-bond donors (Lipinski definition) is 1. The van der Waals surface area contributed by atoms with Crippen LogP contribution in [0.3, 0.4) is 0 Å². The maximum atomic E-state index is 5.22. The zero-order valence-electron chi connectivity index (χ0n) is 8.19. The predicted octanol–water partition coefficient (Wildman–Crippen LogP) is 2.75. The largest absolute Gasteiger partial charge is 0.377 e. The van der Waals surface area contributed by atoms with Gasteiger partial charge in [0, 0.05) is 11.5 Å². The average molecular weight is 173 g/mol. The molecule has 0 amide bonds. The van der Waals surface area contributed by atoms with Gasteiger partial charge in [0.2, 0.25) is 0 Å². The minimum Gasteiger partial charge on any atom is -0.377 e. The van der Waals surface area contributed by atoms with Crippen LogP contribution in [0.4, 0.5) is 0 Å². The van der Waals surface area contributed by atoms with Gasteiger partial charge in [0.05, 0.1) is 4.99 Å². The van der Waals surface area contributed by atoms with Gasteiger partial charge in [-0.25, -0.2) is 0 Å². The van der Waals surface area contributed by atoms with Crippen molar-refractivity contribution < 1.29 is 0 Å². The Bertz CT molecular complexity index is 135. The molecular weight excluding hydrogens is 154 g/mol. The van der Waals surface area contributed by atoms with Crippen molar-refractivity contribution in [1.82, 2.24) is 5.32 Å². The maximum Gasteiger partial charge on any atom is 0.0809 e. The van der Waals surface area contributed by atoms with Gasteiger partial charge in [-0.3, -0.25) is 0 Å². The smallest absolute Gasteiger partial charge is 0.0809 e. The summed E-state index contributed by atoms with van der Waals surface area (Å²) in [4.78, 5) is 0.965. The Morgan fingerprint density at radius 2 is 1.91 bits per heavy atom. The van der Waals surface area contributed by atoms with E-state index in [4.69, 9.17) is 12.2 Å². The summed E-state index contributed by atoms with van der Waals surface area (Å²) in [7, 11) is 0. The molecule has 1 nitrogen and oxygen atoms in total. The highest BCUT2D eigenvalue weighted by atomic mass is 32.1. The van der Waals surface area contributed by atoms with Gasteiger partial charge in [0.15, 0.2) is 0 Å². The lowest BCUT2D eigenvalue weighted by Gasteiger charge is -2.24. The molecule has 2 heteroatoms. The van der Waals surface area contributed by atoms with Gasteiger partial charge in [0.25, 0.3) is 0 Å². The second-order valence-electron chi connectivity index (χ2n) is 4.03. The molecule has 0 aromatic rings. The molecule has 0 rings (SSSR count). The van der Waals surface area contributed by atoms with E-state index in [9.17, 15) is 0 Å². The fourth-order valence-corrected chi connectivity index (χ4v) is 0.744. The van der Waals surface area contributed by atoms with Crippen LogP contribution < -0.4 is 5.32 Å². The summed E-state index contributed by atoms with van der Waals surface area (Å²) in [6.45, 7) is 10.7. The fourth-order valence-electron chi connectivity index (χ4n) is 0.542. The molecule has 0 unspecified atom stereocenters. The van der Waals surface area contributed by atoms with E-state index in [2.05, 4.69) is 39.9 Å². The summed E-state index contributed by atoms with van der Waals surface area (Å²) in [6.07, 6.45) is 1.12. The Morgan fingerprint density at radius 3 is 2.18 bits per heavy atom.